The van der Waals surface area contributed by atoms with Gasteiger partial charge in [-0.2, -0.15) is 9.78 Å². The Morgan fingerprint density at radius 2 is 1.92 bits per heavy atom. The number of aromatic nitrogens is 2. The lowest BCUT2D eigenvalue weighted by molar-refractivity contribution is -0.386. The van der Waals surface area contributed by atoms with Crippen LogP contribution in [0.2, 0.25) is 5.02 Å². The van der Waals surface area contributed by atoms with Crippen LogP contribution in [0.4, 0.5) is 11.4 Å². The van der Waals surface area contributed by atoms with E-state index in [0.29, 0.717) is 26.8 Å². The number of nitro benzene ring substituents is 2. The third-order valence-corrected chi connectivity index (χ3v) is 5.76. The van der Waals surface area contributed by atoms with Gasteiger partial charge >= 0.3 is 5.69 Å². The van der Waals surface area contributed by atoms with E-state index >= 15 is 0 Å². The minimum Gasteiger partial charge on any atom is -0.481 e. The maximum atomic E-state index is 13.0. The van der Waals surface area contributed by atoms with E-state index in [4.69, 9.17) is 16.3 Å². The molecular formula is C23H15BrClN5O6. The molecule has 0 fully saturated rings. The molecule has 11 nitrogen and oxygen atoms in total. The molecule has 3 aromatic carbocycles. The number of halogens is 2. The van der Waals surface area contributed by atoms with E-state index in [-0.39, 0.29) is 28.6 Å². The molecule has 4 rings (SSSR count). The molecule has 0 saturated heterocycles. The number of ether oxygens (including phenoxy) is 1. The number of rotatable bonds is 7. The van der Waals surface area contributed by atoms with Crippen molar-refractivity contribution in [3.63, 3.8) is 0 Å². The summed E-state index contributed by atoms with van der Waals surface area (Å²) in [5, 5.41) is 27.3. The SMILES string of the molecule is Cc1nc2ccc(Br)cc2c(=O)n1N=Cc1cc(Cl)cc([N+](=O)[O-])c1OCc1cccc([N+](=O)[O-])c1. The smallest absolute Gasteiger partial charge is 0.313 e. The van der Waals surface area contributed by atoms with Gasteiger partial charge in [-0.3, -0.25) is 25.0 Å². The maximum Gasteiger partial charge on any atom is 0.313 e. The predicted molar refractivity (Wildman–Crippen MR) is 137 cm³/mol. The average Bonchev–Trinajstić information content (AvgIpc) is 2.83. The summed E-state index contributed by atoms with van der Waals surface area (Å²) in [7, 11) is 0. The number of nitrogens with zero attached hydrogens (tertiary/aromatic N) is 5. The second kappa shape index (κ2) is 10.2. The van der Waals surface area contributed by atoms with Crippen molar-refractivity contribution in [3.05, 3.63) is 112 Å². The fraction of sp³-hybridized carbons (Fsp3) is 0.0870. The van der Waals surface area contributed by atoms with Crippen molar-refractivity contribution in [2.24, 2.45) is 5.10 Å². The van der Waals surface area contributed by atoms with Crippen LogP contribution in [0.25, 0.3) is 10.9 Å². The molecule has 0 amide bonds. The molecule has 0 radical (unpaired) electrons. The summed E-state index contributed by atoms with van der Waals surface area (Å²) in [5.74, 6) is 0.128. The van der Waals surface area contributed by atoms with Gasteiger partial charge in [-0.05, 0) is 36.8 Å². The van der Waals surface area contributed by atoms with Crippen molar-refractivity contribution in [3.8, 4) is 5.75 Å². The molecule has 13 heteroatoms. The largest absolute Gasteiger partial charge is 0.481 e. The average molecular weight is 573 g/mol. The zero-order valence-corrected chi connectivity index (χ0v) is 20.8. The van der Waals surface area contributed by atoms with Gasteiger partial charge in [0.05, 0.1) is 27.0 Å². The van der Waals surface area contributed by atoms with E-state index in [1.165, 1.54) is 30.5 Å². The first kappa shape index (κ1) is 24.9. The number of nitro groups is 2. The monoisotopic (exact) mass is 571 g/mol. The first-order valence-electron chi connectivity index (χ1n) is 10.2. The molecule has 0 N–H and O–H groups in total. The number of benzene rings is 3. The lowest BCUT2D eigenvalue weighted by atomic mass is 10.1. The van der Waals surface area contributed by atoms with E-state index in [1.807, 2.05) is 0 Å². The summed E-state index contributed by atoms with van der Waals surface area (Å²) in [6.07, 6.45) is 1.21. The van der Waals surface area contributed by atoms with Gasteiger partial charge in [-0.1, -0.05) is 39.7 Å². The number of aryl methyl sites for hydroxylation is 1. The highest BCUT2D eigenvalue weighted by atomic mass is 79.9. The Bertz CT molecular complexity index is 1620. The fourth-order valence-electron chi connectivity index (χ4n) is 3.42. The van der Waals surface area contributed by atoms with Crippen LogP contribution in [-0.4, -0.2) is 25.7 Å². The van der Waals surface area contributed by atoms with Crippen LogP contribution in [0.3, 0.4) is 0 Å². The van der Waals surface area contributed by atoms with Gasteiger partial charge in [0.1, 0.15) is 12.4 Å². The van der Waals surface area contributed by atoms with Crippen molar-refractivity contribution >= 4 is 56.0 Å². The zero-order valence-electron chi connectivity index (χ0n) is 18.4. The molecule has 0 bridgehead atoms. The Kier molecular flexibility index (Phi) is 7.08. The van der Waals surface area contributed by atoms with Crippen LogP contribution in [0.5, 0.6) is 5.75 Å². The fourth-order valence-corrected chi connectivity index (χ4v) is 4.00. The third kappa shape index (κ3) is 5.24. The molecule has 1 aromatic heterocycles. The van der Waals surface area contributed by atoms with E-state index in [9.17, 15) is 25.0 Å². The Hall–Kier alpha value is -4.16. The molecular weight excluding hydrogens is 558 g/mol. The Morgan fingerprint density at radius 3 is 2.64 bits per heavy atom. The lowest BCUT2D eigenvalue weighted by Crippen LogP contribution is -2.20. The van der Waals surface area contributed by atoms with Crippen LogP contribution < -0.4 is 10.3 Å². The number of fused-ring (bicyclic) bond motifs is 1. The van der Waals surface area contributed by atoms with Gasteiger partial charge in [-0.25, -0.2) is 4.98 Å². The standard InChI is InChI=1S/C23H15BrClN5O6/c1-13-27-20-6-5-16(24)9-19(20)23(31)28(13)26-11-15-8-17(25)10-21(30(34)35)22(15)36-12-14-3-2-4-18(7-14)29(32)33/h2-11H,12H2,1H3. The number of non-ortho nitro benzene ring substituents is 1. The second-order valence-corrected chi connectivity index (χ2v) is 8.85. The lowest BCUT2D eigenvalue weighted by Gasteiger charge is -2.11. The topological polar surface area (TPSA) is 143 Å². The number of hydrogen-bond acceptors (Lipinski definition) is 8. The minimum atomic E-state index is -0.668. The second-order valence-electron chi connectivity index (χ2n) is 7.50. The Morgan fingerprint density at radius 1 is 1.14 bits per heavy atom. The minimum absolute atomic E-state index is 0.0514. The van der Waals surface area contributed by atoms with Crippen LogP contribution in [-0.2, 0) is 6.61 Å². The highest BCUT2D eigenvalue weighted by Gasteiger charge is 2.21. The van der Waals surface area contributed by atoms with E-state index in [0.717, 1.165) is 10.7 Å². The maximum absolute atomic E-state index is 13.0. The molecule has 0 atom stereocenters. The van der Waals surface area contributed by atoms with Crippen molar-refractivity contribution < 1.29 is 14.6 Å². The number of hydrogen-bond donors (Lipinski definition) is 0. The highest BCUT2D eigenvalue weighted by Crippen LogP contribution is 2.34. The molecule has 36 heavy (non-hydrogen) atoms. The molecule has 0 unspecified atom stereocenters. The third-order valence-electron chi connectivity index (χ3n) is 5.05. The summed E-state index contributed by atoms with van der Waals surface area (Å²) >= 11 is 9.42. The van der Waals surface area contributed by atoms with Gasteiger partial charge in [0.2, 0.25) is 5.75 Å². The van der Waals surface area contributed by atoms with Crippen LogP contribution >= 0.6 is 27.5 Å². The van der Waals surface area contributed by atoms with Crippen molar-refractivity contribution in [1.29, 1.82) is 0 Å². The summed E-state index contributed by atoms with van der Waals surface area (Å²) in [5.41, 5.74) is 0.0259. The quantitative estimate of drug-likeness (QED) is 0.164. The molecule has 182 valence electrons. The molecule has 0 aliphatic carbocycles. The molecule has 4 aromatic rings. The Labute approximate surface area is 216 Å². The van der Waals surface area contributed by atoms with Crippen LogP contribution in [0, 0.1) is 27.2 Å². The van der Waals surface area contributed by atoms with Gasteiger partial charge in [-0.15, -0.1) is 0 Å². The Balaban J connectivity index is 1.76. The molecule has 1 heterocycles. The molecule has 0 aliphatic rings. The first-order valence-corrected chi connectivity index (χ1v) is 11.4. The van der Waals surface area contributed by atoms with Crippen LogP contribution in [0.15, 0.2) is 69.0 Å². The summed E-state index contributed by atoms with van der Waals surface area (Å²) in [4.78, 5) is 38.9. The zero-order chi connectivity index (χ0) is 26.0. The van der Waals surface area contributed by atoms with E-state index in [1.54, 1.807) is 31.2 Å². The summed E-state index contributed by atoms with van der Waals surface area (Å²) in [6, 6.07) is 13.3. The van der Waals surface area contributed by atoms with E-state index in [2.05, 4.69) is 26.0 Å². The van der Waals surface area contributed by atoms with Crippen molar-refractivity contribution in [2.75, 3.05) is 0 Å². The predicted octanol–water partition coefficient (Wildman–Crippen LogP) is 5.40. The van der Waals surface area contributed by atoms with Gasteiger partial charge in [0.15, 0.2) is 0 Å². The highest BCUT2D eigenvalue weighted by molar-refractivity contribution is 9.10. The van der Waals surface area contributed by atoms with Crippen molar-refractivity contribution in [2.45, 2.75) is 13.5 Å². The van der Waals surface area contributed by atoms with E-state index < -0.39 is 21.1 Å². The van der Waals surface area contributed by atoms with Gasteiger partial charge < -0.3 is 4.74 Å². The first-order chi connectivity index (χ1) is 17.1. The summed E-state index contributed by atoms with van der Waals surface area (Å²) < 4.78 is 7.47. The normalized spacial score (nSPS) is 11.2. The molecule has 0 spiro atoms. The van der Waals surface area contributed by atoms with Gasteiger partial charge in [0, 0.05) is 33.3 Å². The molecule has 0 aliphatic heterocycles. The summed E-state index contributed by atoms with van der Waals surface area (Å²) in [6.45, 7) is 1.40. The molecule has 0 saturated carbocycles. The van der Waals surface area contributed by atoms with Crippen LogP contribution in [0.1, 0.15) is 17.0 Å². The van der Waals surface area contributed by atoms with Gasteiger partial charge in [0.25, 0.3) is 11.2 Å². The van der Waals surface area contributed by atoms with Crippen molar-refractivity contribution in [1.82, 2.24) is 9.66 Å².